The SMILES string of the molecule is CCOC(=O)C(Oc1ccc2c(c1)OC(=Cc1ccc(Cl)cc1Cl)C2=O)c1ccccc1. The number of allylic oxidation sites excluding steroid dienone is 1. The van der Waals surface area contributed by atoms with Gasteiger partial charge in [0.1, 0.15) is 11.5 Å². The van der Waals surface area contributed by atoms with Gasteiger partial charge in [0.05, 0.1) is 12.2 Å². The Morgan fingerprint density at radius 3 is 2.56 bits per heavy atom. The van der Waals surface area contributed by atoms with Crippen LogP contribution in [-0.4, -0.2) is 18.4 Å². The summed E-state index contributed by atoms with van der Waals surface area (Å²) in [7, 11) is 0. The van der Waals surface area contributed by atoms with Crippen LogP contribution in [0, 0.1) is 0 Å². The number of halogens is 2. The summed E-state index contributed by atoms with van der Waals surface area (Å²) < 4.78 is 16.9. The first kappa shape index (κ1) is 21.9. The third-order valence-electron chi connectivity index (χ3n) is 4.75. The molecule has 0 saturated heterocycles. The highest BCUT2D eigenvalue weighted by molar-refractivity contribution is 6.35. The zero-order valence-electron chi connectivity index (χ0n) is 17.0. The number of ether oxygens (including phenoxy) is 3. The quantitative estimate of drug-likeness (QED) is 0.314. The van der Waals surface area contributed by atoms with Gasteiger partial charge in [-0.05, 0) is 42.8 Å². The number of ketones is 1. The largest absolute Gasteiger partial charge is 0.474 e. The van der Waals surface area contributed by atoms with E-state index in [1.54, 1.807) is 61.5 Å². The van der Waals surface area contributed by atoms with Crippen molar-refractivity contribution in [2.75, 3.05) is 6.61 Å². The third kappa shape index (κ3) is 4.64. The van der Waals surface area contributed by atoms with Crippen LogP contribution in [0.5, 0.6) is 11.5 Å². The molecule has 0 aliphatic carbocycles. The van der Waals surface area contributed by atoms with Gasteiger partial charge in [0.2, 0.25) is 11.9 Å². The molecule has 32 heavy (non-hydrogen) atoms. The van der Waals surface area contributed by atoms with Crippen molar-refractivity contribution in [3.63, 3.8) is 0 Å². The van der Waals surface area contributed by atoms with Crippen molar-refractivity contribution in [2.45, 2.75) is 13.0 Å². The Morgan fingerprint density at radius 1 is 1.06 bits per heavy atom. The molecule has 4 rings (SSSR count). The van der Waals surface area contributed by atoms with Crippen molar-refractivity contribution in [3.05, 3.63) is 99.2 Å². The van der Waals surface area contributed by atoms with Crippen molar-refractivity contribution in [1.82, 2.24) is 0 Å². The molecule has 1 unspecified atom stereocenters. The fourth-order valence-corrected chi connectivity index (χ4v) is 3.70. The highest BCUT2D eigenvalue weighted by Gasteiger charge is 2.29. The molecule has 0 radical (unpaired) electrons. The molecule has 3 aromatic rings. The molecule has 0 N–H and O–H groups in total. The first-order chi connectivity index (χ1) is 15.5. The maximum atomic E-state index is 12.8. The van der Waals surface area contributed by atoms with Crippen LogP contribution in [0.1, 0.15) is 34.5 Å². The Bertz CT molecular complexity index is 1200. The molecule has 7 heteroatoms. The number of hydrogen-bond acceptors (Lipinski definition) is 5. The molecular weight excluding hydrogens is 451 g/mol. The molecule has 0 fully saturated rings. The van der Waals surface area contributed by atoms with E-state index in [0.717, 1.165) is 0 Å². The number of Topliss-reactive ketones (excluding diaryl/α,β-unsaturated/α-hetero) is 1. The molecule has 0 aromatic heterocycles. The summed E-state index contributed by atoms with van der Waals surface area (Å²) in [5, 5.41) is 0.900. The summed E-state index contributed by atoms with van der Waals surface area (Å²) >= 11 is 12.1. The van der Waals surface area contributed by atoms with E-state index in [0.29, 0.717) is 38.2 Å². The zero-order chi connectivity index (χ0) is 22.7. The van der Waals surface area contributed by atoms with Gasteiger partial charge in [-0.15, -0.1) is 0 Å². The van der Waals surface area contributed by atoms with Gasteiger partial charge in [-0.2, -0.15) is 0 Å². The summed E-state index contributed by atoms with van der Waals surface area (Å²) in [6.07, 6.45) is 0.613. The van der Waals surface area contributed by atoms with Crippen molar-refractivity contribution in [2.24, 2.45) is 0 Å². The number of rotatable bonds is 6. The molecule has 0 spiro atoms. The number of carbonyl (C=O) groups is 2. The van der Waals surface area contributed by atoms with Crippen molar-refractivity contribution >= 4 is 41.0 Å². The second-order valence-corrected chi connectivity index (χ2v) is 7.77. The summed E-state index contributed by atoms with van der Waals surface area (Å²) in [4.78, 5) is 25.2. The van der Waals surface area contributed by atoms with Crippen LogP contribution in [0.4, 0.5) is 0 Å². The first-order valence-corrected chi connectivity index (χ1v) is 10.6. The van der Waals surface area contributed by atoms with E-state index >= 15 is 0 Å². The summed E-state index contributed by atoms with van der Waals surface area (Å²) in [6, 6.07) is 18.8. The average molecular weight is 469 g/mol. The fraction of sp³-hybridized carbons (Fsp3) is 0.120. The van der Waals surface area contributed by atoms with Gasteiger partial charge in [-0.25, -0.2) is 4.79 Å². The predicted molar refractivity (Wildman–Crippen MR) is 122 cm³/mol. The van der Waals surface area contributed by atoms with E-state index in [1.807, 2.05) is 18.2 Å². The Kier molecular flexibility index (Phi) is 6.49. The van der Waals surface area contributed by atoms with Gasteiger partial charge < -0.3 is 14.2 Å². The van der Waals surface area contributed by atoms with E-state index in [1.165, 1.54) is 0 Å². The summed E-state index contributed by atoms with van der Waals surface area (Å²) in [5.74, 6) is 0.0480. The minimum Gasteiger partial charge on any atom is -0.474 e. The molecule has 1 aliphatic rings. The highest BCUT2D eigenvalue weighted by Crippen LogP contribution is 2.37. The van der Waals surface area contributed by atoms with E-state index in [-0.39, 0.29) is 18.1 Å². The molecule has 1 atom stereocenters. The van der Waals surface area contributed by atoms with E-state index in [4.69, 9.17) is 37.4 Å². The van der Waals surface area contributed by atoms with Crippen molar-refractivity contribution in [3.8, 4) is 11.5 Å². The molecule has 162 valence electrons. The summed E-state index contributed by atoms with van der Waals surface area (Å²) in [6.45, 7) is 1.96. The van der Waals surface area contributed by atoms with Gasteiger partial charge in [0.25, 0.3) is 0 Å². The molecule has 1 aliphatic heterocycles. The van der Waals surface area contributed by atoms with Crippen molar-refractivity contribution in [1.29, 1.82) is 0 Å². The van der Waals surface area contributed by atoms with Crippen LogP contribution in [-0.2, 0) is 9.53 Å². The monoisotopic (exact) mass is 468 g/mol. The number of esters is 1. The Labute approximate surface area is 195 Å². The van der Waals surface area contributed by atoms with Crippen LogP contribution in [0.3, 0.4) is 0 Å². The number of fused-ring (bicyclic) bond motifs is 1. The maximum Gasteiger partial charge on any atom is 0.352 e. The second-order valence-electron chi connectivity index (χ2n) is 6.92. The zero-order valence-corrected chi connectivity index (χ0v) is 18.5. The molecule has 3 aromatic carbocycles. The normalized spacial score (nSPS) is 14.6. The number of carbonyl (C=O) groups excluding carboxylic acids is 2. The lowest BCUT2D eigenvalue weighted by Crippen LogP contribution is -2.21. The Balaban J connectivity index is 1.60. The molecule has 5 nitrogen and oxygen atoms in total. The van der Waals surface area contributed by atoms with Gasteiger partial charge in [-0.1, -0.05) is 59.6 Å². The van der Waals surface area contributed by atoms with E-state index < -0.39 is 12.1 Å². The van der Waals surface area contributed by atoms with Gasteiger partial charge >= 0.3 is 5.97 Å². The maximum absolute atomic E-state index is 12.8. The van der Waals surface area contributed by atoms with Crippen LogP contribution in [0.25, 0.3) is 6.08 Å². The first-order valence-electron chi connectivity index (χ1n) is 9.88. The molecule has 0 bridgehead atoms. The minimum absolute atomic E-state index is 0.131. The van der Waals surface area contributed by atoms with Gasteiger partial charge in [0, 0.05) is 21.7 Å². The lowest BCUT2D eigenvalue weighted by Gasteiger charge is -2.18. The van der Waals surface area contributed by atoms with Gasteiger partial charge in [-0.3, -0.25) is 4.79 Å². The van der Waals surface area contributed by atoms with Crippen LogP contribution < -0.4 is 9.47 Å². The molecular formula is C25H18Cl2O5. The number of hydrogen-bond donors (Lipinski definition) is 0. The summed E-state index contributed by atoms with van der Waals surface area (Å²) in [5.41, 5.74) is 1.65. The average Bonchev–Trinajstić information content (AvgIpc) is 3.09. The number of benzene rings is 3. The van der Waals surface area contributed by atoms with Gasteiger partial charge in [0.15, 0.2) is 5.76 Å². The van der Waals surface area contributed by atoms with E-state index in [9.17, 15) is 9.59 Å². The molecule has 0 amide bonds. The lowest BCUT2D eigenvalue weighted by atomic mass is 10.1. The smallest absolute Gasteiger partial charge is 0.352 e. The van der Waals surface area contributed by atoms with Crippen molar-refractivity contribution < 1.29 is 23.8 Å². The fourth-order valence-electron chi connectivity index (χ4n) is 3.23. The predicted octanol–water partition coefficient (Wildman–Crippen LogP) is 6.29. The third-order valence-corrected chi connectivity index (χ3v) is 5.31. The second kappa shape index (κ2) is 9.47. The Morgan fingerprint density at radius 2 is 1.84 bits per heavy atom. The topological polar surface area (TPSA) is 61.8 Å². The van der Waals surface area contributed by atoms with Crippen LogP contribution >= 0.6 is 23.2 Å². The van der Waals surface area contributed by atoms with Crippen LogP contribution in [0.2, 0.25) is 10.0 Å². The Hall–Kier alpha value is -3.28. The molecule has 0 saturated carbocycles. The molecule has 1 heterocycles. The van der Waals surface area contributed by atoms with E-state index in [2.05, 4.69) is 0 Å². The minimum atomic E-state index is -0.950. The lowest BCUT2D eigenvalue weighted by molar-refractivity contribution is -0.151. The standard InChI is InChI=1S/C25H18Cl2O5/c1-2-30-25(29)24(15-6-4-3-5-7-15)31-18-10-11-19-21(14-18)32-22(23(19)28)12-16-8-9-17(26)13-20(16)27/h3-14,24H,2H2,1H3. The van der Waals surface area contributed by atoms with Crippen LogP contribution in [0.15, 0.2) is 72.5 Å². The highest BCUT2D eigenvalue weighted by atomic mass is 35.5.